The SMILES string of the molecule is OC(CNc1ccc2nnc(C3CC3)n2n1)c1c(Cl)cccc1Cl. The lowest BCUT2D eigenvalue weighted by atomic mass is 10.1. The second-order valence-corrected chi connectivity index (χ2v) is 6.67. The number of nitrogens with zero attached hydrogens (tertiary/aromatic N) is 4. The summed E-state index contributed by atoms with van der Waals surface area (Å²) >= 11 is 12.2. The van der Waals surface area contributed by atoms with Gasteiger partial charge in [0.1, 0.15) is 5.82 Å². The highest BCUT2D eigenvalue weighted by molar-refractivity contribution is 6.36. The fourth-order valence-corrected chi connectivity index (χ4v) is 3.28. The number of fused-ring (bicyclic) bond motifs is 1. The summed E-state index contributed by atoms with van der Waals surface area (Å²) in [6, 6.07) is 8.81. The van der Waals surface area contributed by atoms with Gasteiger partial charge >= 0.3 is 0 Å². The Morgan fingerprint density at radius 1 is 1.17 bits per heavy atom. The third kappa shape index (κ3) is 2.92. The zero-order chi connectivity index (χ0) is 16.7. The smallest absolute Gasteiger partial charge is 0.178 e. The lowest BCUT2D eigenvalue weighted by Gasteiger charge is -2.15. The molecule has 2 heterocycles. The molecule has 8 heteroatoms. The number of hydrogen-bond donors (Lipinski definition) is 2. The minimum Gasteiger partial charge on any atom is -0.386 e. The van der Waals surface area contributed by atoms with Crippen LogP contribution in [0.2, 0.25) is 10.0 Å². The van der Waals surface area contributed by atoms with E-state index in [2.05, 4.69) is 20.6 Å². The molecule has 0 saturated heterocycles. The van der Waals surface area contributed by atoms with Crippen LogP contribution in [0.5, 0.6) is 0 Å². The van der Waals surface area contributed by atoms with Gasteiger partial charge in [-0.05, 0) is 37.1 Å². The highest BCUT2D eigenvalue weighted by Gasteiger charge is 2.29. The Hall–Kier alpha value is -1.89. The second-order valence-electron chi connectivity index (χ2n) is 5.85. The molecule has 4 rings (SSSR count). The molecule has 2 N–H and O–H groups in total. The van der Waals surface area contributed by atoms with E-state index in [1.807, 2.05) is 12.1 Å². The van der Waals surface area contributed by atoms with Crippen LogP contribution in [0.4, 0.5) is 5.82 Å². The van der Waals surface area contributed by atoms with Crippen LogP contribution in [-0.4, -0.2) is 31.5 Å². The second kappa shape index (κ2) is 6.20. The van der Waals surface area contributed by atoms with Crippen LogP contribution in [0.3, 0.4) is 0 Å². The molecule has 1 saturated carbocycles. The molecular formula is C16H15Cl2N5O. The van der Waals surface area contributed by atoms with E-state index in [0.29, 0.717) is 27.3 Å². The van der Waals surface area contributed by atoms with Crippen molar-refractivity contribution in [2.75, 3.05) is 11.9 Å². The number of aromatic nitrogens is 4. The number of anilines is 1. The van der Waals surface area contributed by atoms with Crippen LogP contribution < -0.4 is 5.32 Å². The van der Waals surface area contributed by atoms with Gasteiger partial charge in [0.25, 0.3) is 0 Å². The molecule has 0 aliphatic heterocycles. The Morgan fingerprint density at radius 3 is 2.62 bits per heavy atom. The topological polar surface area (TPSA) is 75.3 Å². The first-order chi connectivity index (χ1) is 11.6. The van der Waals surface area contributed by atoms with Gasteiger partial charge in [0.05, 0.1) is 6.10 Å². The van der Waals surface area contributed by atoms with Crippen LogP contribution in [0.25, 0.3) is 5.65 Å². The molecule has 0 amide bonds. The van der Waals surface area contributed by atoms with Gasteiger partial charge in [-0.25, -0.2) is 0 Å². The van der Waals surface area contributed by atoms with Crippen LogP contribution >= 0.6 is 23.2 Å². The van der Waals surface area contributed by atoms with Crippen molar-refractivity contribution in [1.82, 2.24) is 19.8 Å². The molecule has 6 nitrogen and oxygen atoms in total. The summed E-state index contributed by atoms with van der Waals surface area (Å²) in [7, 11) is 0. The molecule has 1 unspecified atom stereocenters. The maximum absolute atomic E-state index is 10.4. The van der Waals surface area contributed by atoms with E-state index in [4.69, 9.17) is 23.2 Å². The third-order valence-corrected chi connectivity index (χ3v) is 4.70. The highest BCUT2D eigenvalue weighted by Crippen LogP contribution is 2.38. The van der Waals surface area contributed by atoms with E-state index in [1.54, 1.807) is 22.7 Å². The van der Waals surface area contributed by atoms with Crippen molar-refractivity contribution in [3.63, 3.8) is 0 Å². The third-order valence-electron chi connectivity index (χ3n) is 4.04. The number of benzene rings is 1. The van der Waals surface area contributed by atoms with E-state index in [9.17, 15) is 5.11 Å². The van der Waals surface area contributed by atoms with Crippen molar-refractivity contribution in [2.24, 2.45) is 0 Å². The molecule has 24 heavy (non-hydrogen) atoms. The fourth-order valence-electron chi connectivity index (χ4n) is 2.63. The molecule has 3 aromatic rings. The van der Waals surface area contributed by atoms with Gasteiger partial charge in [-0.15, -0.1) is 15.3 Å². The Morgan fingerprint density at radius 2 is 1.92 bits per heavy atom. The largest absolute Gasteiger partial charge is 0.386 e. The average molecular weight is 364 g/mol. The first kappa shape index (κ1) is 15.6. The molecule has 1 aliphatic rings. The van der Waals surface area contributed by atoms with Gasteiger partial charge in [0.15, 0.2) is 11.5 Å². The normalized spacial score (nSPS) is 15.6. The first-order valence-electron chi connectivity index (χ1n) is 7.71. The number of halogens is 2. The summed E-state index contributed by atoms with van der Waals surface area (Å²) in [5.41, 5.74) is 1.23. The first-order valence-corrected chi connectivity index (χ1v) is 8.47. The van der Waals surface area contributed by atoms with Crippen LogP contribution in [0.1, 0.15) is 36.3 Å². The number of aliphatic hydroxyl groups excluding tert-OH is 1. The fraction of sp³-hybridized carbons (Fsp3) is 0.312. The molecule has 1 atom stereocenters. The minimum atomic E-state index is -0.840. The van der Waals surface area contributed by atoms with Gasteiger partial charge in [-0.3, -0.25) is 0 Å². The van der Waals surface area contributed by atoms with E-state index in [-0.39, 0.29) is 6.54 Å². The molecule has 1 aliphatic carbocycles. The summed E-state index contributed by atoms with van der Waals surface area (Å²) in [5, 5.41) is 27.2. The van der Waals surface area contributed by atoms with Crippen molar-refractivity contribution >= 4 is 34.7 Å². The van der Waals surface area contributed by atoms with Crippen molar-refractivity contribution in [2.45, 2.75) is 24.9 Å². The lowest BCUT2D eigenvalue weighted by molar-refractivity contribution is 0.191. The zero-order valence-electron chi connectivity index (χ0n) is 12.7. The number of nitrogens with one attached hydrogen (secondary N) is 1. The van der Waals surface area contributed by atoms with E-state index >= 15 is 0 Å². The molecule has 2 aromatic heterocycles. The monoisotopic (exact) mass is 363 g/mol. The molecule has 1 fully saturated rings. The van der Waals surface area contributed by atoms with Crippen molar-refractivity contribution < 1.29 is 5.11 Å². The van der Waals surface area contributed by atoms with E-state index in [1.165, 1.54) is 0 Å². The van der Waals surface area contributed by atoms with Gasteiger partial charge in [0, 0.05) is 28.1 Å². The number of rotatable bonds is 5. The highest BCUT2D eigenvalue weighted by atomic mass is 35.5. The summed E-state index contributed by atoms with van der Waals surface area (Å²) in [6.45, 7) is 0.239. The minimum absolute atomic E-state index is 0.239. The summed E-state index contributed by atoms with van der Waals surface area (Å²) in [5.74, 6) is 1.98. The Labute approximate surface area is 148 Å². The quantitative estimate of drug-likeness (QED) is 0.725. The van der Waals surface area contributed by atoms with Crippen LogP contribution in [-0.2, 0) is 0 Å². The lowest BCUT2D eigenvalue weighted by Crippen LogP contribution is -2.14. The molecular weight excluding hydrogens is 349 g/mol. The van der Waals surface area contributed by atoms with E-state index in [0.717, 1.165) is 24.3 Å². The Balaban J connectivity index is 1.53. The van der Waals surface area contributed by atoms with Gasteiger partial charge in [-0.2, -0.15) is 4.52 Å². The number of hydrogen-bond acceptors (Lipinski definition) is 5. The number of aliphatic hydroxyl groups is 1. The molecule has 0 spiro atoms. The Bertz CT molecular complexity index is 873. The molecule has 124 valence electrons. The summed E-state index contributed by atoms with van der Waals surface area (Å²) < 4.78 is 1.76. The standard InChI is InChI=1S/C16H15Cl2N5O/c17-10-2-1-3-11(18)15(10)12(24)8-19-13-6-7-14-20-21-16(9-4-5-9)23(14)22-13/h1-3,6-7,9,12,24H,4-5,8H2,(H,19,22). The van der Waals surface area contributed by atoms with Gasteiger partial charge < -0.3 is 10.4 Å². The van der Waals surface area contributed by atoms with Crippen molar-refractivity contribution in [1.29, 1.82) is 0 Å². The Kier molecular flexibility index (Phi) is 4.04. The zero-order valence-corrected chi connectivity index (χ0v) is 14.2. The van der Waals surface area contributed by atoms with Crippen molar-refractivity contribution in [3.8, 4) is 0 Å². The van der Waals surface area contributed by atoms with E-state index < -0.39 is 6.10 Å². The molecule has 0 radical (unpaired) electrons. The average Bonchev–Trinajstić information content (AvgIpc) is 3.32. The maximum Gasteiger partial charge on any atom is 0.178 e. The predicted molar refractivity (Wildman–Crippen MR) is 92.7 cm³/mol. The van der Waals surface area contributed by atoms with Gasteiger partial charge in [0.2, 0.25) is 0 Å². The van der Waals surface area contributed by atoms with Crippen LogP contribution in [0.15, 0.2) is 30.3 Å². The summed E-state index contributed by atoms with van der Waals surface area (Å²) in [6.07, 6.45) is 1.42. The molecule has 0 bridgehead atoms. The van der Waals surface area contributed by atoms with Crippen LogP contribution in [0, 0.1) is 0 Å². The van der Waals surface area contributed by atoms with Crippen molar-refractivity contribution in [3.05, 3.63) is 51.8 Å². The molecule has 1 aromatic carbocycles. The summed E-state index contributed by atoms with van der Waals surface area (Å²) in [4.78, 5) is 0. The predicted octanol–water partition coefficient (Wildman–Crippen LogP) is 3.45. The van der Waals surface area contributed by atoms with Gasteiger partial charge in [-0.1, -0.05) is 29.3 Å². The maximum atomic E-state index is 10.4.